The second-order valence-corrected chi connectivity index (χ2v) is 7.36. The van der Waals surface area contributed by atoms with Gasteiger partial charge in [0.05, 0.1) is 13.2 Å². The number of hydrogen-bond donors (Lipinski definition) is 0. The first kappa shape index (κ1) is 20.6. The number of esters is 1. The topological polar surface area (TPSA) is 35.5 Å². The van der Waals surface area contributed by atoms with E-state index >= 15 is 0 Å². The van der Waals surface area contributed by atoms with Crippen molar-refractivity contribution in [3.05, 3.63) is 65.2 Å². The standard InChI is InChI=1S/C24H28O3/c1-5-26-23(25)7-6-18-27-22-16-12-20(13-17-22)9-8-19-10-14-21(15-11-19)24(2,3)4/h10-17H,5-7,18H2,1-4H3. The summed E-state index contributed by atoms with van der Waals surface area (Å²) in [7, 11) is 0. The van der Waals surface area contributed by atoms with Crippen LogP contribution in [0.4, 0.5) is 0 Å². The lowest BCUT2D eigenvalue weighted by atomic mass is 9.87. The van der Waals surface area contributed by atoms with Crippen LogP contribution in [0.2, 0.25) is 0 Å². The molecule has 3 nitrogen and oxygen atoms in total. The molecule has 2 aromatic rings. The second kappa shape index (κ2) is 9.83. The fourth-order valence-electron chi connectivity index (χ4n) is 2.47. The SMILES string of the molecule is CCOC(=O)CCCOc1ccc(C#Cc2ccc(C(C)(C)C)cc2)cc1. The first-order valence-corrected chi connectivity index (χ1v) is 9.39. The molecule has 0 heterocycles. The monoisotopic (exact) mass is 364 g/mol. The van der Waals surface area contributed by atoms with Gasteiger partial charge in [0.2, 0.25) is 0 Å². The predicted molar refractivity (Wildman–Crippen MR) is 109 cm³/mol. The summed E-state index contributed by atoms with van der Waals surface area (Å²) in [5.41, 5.74) is 3.39. The minimum Gasteiger partial charge on any atom is -0.494 e. The summed E-state index contributed by atoms with van der Waals surface area (Å²) in [5, 5.41) is 0. The van der Waals surface area contributed by atoms with Crippen molar-refractivity contribution < 1.29 is 14.3 Å². The van der Waals surface area contributed by atoms with E-state index in [9.17, 15) is 4.79 Å². The fourth-order valence-corrected chi connectivity index (χ4v) is 2.47. The Bertz CT molecular complexity index is 785. The van der Waals surface area contributed by atoms with Gasteiger partial charge in [-0.3, -0.25) is 4.79 Å². The largest absolute Gasteiger partial charge is 0.494 e. The van der Waals surface area contributed by atoms with Gasteiger partial charge in [-0.15, -0.1) is 0 Å². The van der Waals surface area contributed by atoms with E-state index in [1.807, 2.05) is 24.3 Å². The third-order valence-corrected chi connectivity index (χ3v) is 4.06. The molecule has 0 N–H and O–H groups in total. The Labute approximate surface area is 162 Å². The molecule has 0 amide bonds. The maximum atomic E-state index is 11.3. The van der Waals surface area contributed by atoms with E-state index in [1.165, 1.54) is 5.56 Å². The molecular formula is C24H28O3. The lowest BCUT2D eigenvalue weighted by molar-refractivity contribution is -0.143. The number of benzene rings is 2. The molecule has 0 saturated heterocycles. The molecule has 2 aromatic carbocycles. The van der Waals surface area contributed by atoms with E-state index in [-0.39, 0.29) is 11.4 Å². The average Bonchev–Trinajstić information content (AvgIpc) is 2.64. The molecule has 0 spiro atoms. The third kappa shape index (κ3) is 7.19. The van der Waals surface area contributed by atoms with Crippen LogP contribution >= 0.6 is 0 Å². The summed E-state index contributed by atoms with van der Waals surface area (Å²) >= 11 is 0. The van der Waals surface area contributed by atoms with Crippen LogP contribution in [0.3, 0.4) is 0 Å². The Hall–Kier alpha value is -2.73. The van der Waals surface area contributed by atoms with Crippen molar-refractivity contribution in [1.82, 2.24) is 0 Å². The van der Waals surface area contributed by atoms with Crippen molar-refractivity contribution in [3.8, 4) is 17.6 Å². The Kier molecular flexibility index (Phi) is 7.49. The quantitative estimate of drug-likeness (QED) is 0.406. The van der Waals surface area contributed by atoms with Gasteiger partial charge >= 0.3 is 5.97 Å². The van der Waals surface area contributed by atoms with E-state index in [0.29, 0.717) is 26.1 Å². The van der Waals surface area contributed by atoms with Gasteiger partial charge in [-0.25, -0.2) is 0 Å². The maximum Gasteiger partial charge on any atom is 0.305 e. The Morgan fingerprint density at radius 1 is 0.926 bits per heavy atom. The third-order valence-electron chi connectivity index (χ3n) is 4.06. The van der Waals surface area contributed by atoms with Gasteiger partial charge in [0, 0.05) is 17.5 Å². The summed E-state index contributed by atoms with van der Waals surface area (Å²) in [6.45, 7) is 9.32. The fraction of sp³-hybridized carbons (Fsp3) is 0.375. The lowest BCUT2D eigenvalue weighted by Crippen LogP contribution is -2.10. The zero-order chi connectivity index (χ0) is 19.7. The molecule has 0 fully saturated rings. The van der Waals surface area contributed by atoms with Gasteiger partial charge in [-0.2, -0.15) is 0 Å². The number of carbonyl (C=O) groups is 1. The molecule has 0 bridgehead atoms. The Morgan fingerprint density at radius 2 is 1.48 bits per heavy atom. The minimum absolute atomic E-state index is 0.151. The van der Waals surface area contributed by atoms with Gasteiger partial charge in [-0.05, 0) is 60.7 Å². The summed E-state index contributed by atoms with van der Waals surface area (Å²) < 4.78 is 10.5. The number of ether oxygens (including phenoxy) is 2. The van der Waals surface area contributed by atoms with Crippen LogP contribution in [0.15, 0.2) is 48.5 Å². The van der Waals surface area contributed by atoms with Crippen LogP contribution in [0.5, 0.6) is 5.75 Å². The Balaban J connectivity index is 1.85. The van der Waals surface area contributed by atoms with Crippen LogP contribution in [0.25, 0.3) is 0 Å². The van der Waals surface area contributed by atoms with E-state index < -0.39 is 0 Å². The van der Waals surface area contributed by atoms with Gasteiger partial charge in [-0.1, -0.05) is 44.7 Å². The second-order valence-electron chi connectivity index (χ2n) is 7.36. The van der Waals surface area contributed by atoms with Crippen molar-refractivity contribution in [2.75, 3.05) is 13.2 Å². The van der Waals surface area contributed by atoms with Gasteiger partial charge in [0.25, 0.3) is 0 Å². The van der Waals surface area contributed by atoms with E-state index in [2.05, 4.69) is 56.9 Å². The molecular weight excluding hydrogens is 336 g/mol. The maximum absolute atomic E-state index is 11.3. The first-order chi connectivity index (χ1) is 12.9. The van der Waals surface area contributed by atoms with Crippen molar-refractivity contribution in [1.29, 1.82) is 0 Å². The van der Waals surface area contributed by atoms with Crippen molar-refractivity contribution >= 4 is 5.97 Å². The number of rotatable bonds is 6. The van der Waals surface area contributed by atoms with Crippen molar-refractivity contribution in [3.63, 3.8) is 0 Å². The zero-order valence-corrected chi connectivity index (χ0v) is 16.7. The van der Waals surface area contributed by atoms with Crippen molar-refractivity contribution in [2.45, 2.75) is 46.0 Å². The van der Waals surface area contributed by atoms with Crippen molar-refractivity contribution in [2.24, 2.45) is 0 Å². The molecule has 142 valence electrons. The lowest BCUT2D eigenvalue weighted by Gasteiger charge is -2.18. The molecule has 0 aliphatic heterocycles. The molecule has 3 heteroatoms. The van der Waals surface area contributed by atoms with Gasteiger partial charge < -0.3 is 9.47 Å². The molecule has 27 heavy (non-hydrogen) atoms. The molecule has 0 saturated carbocycles. The molecule has 0 unspecified atom stereocenters. The smallest absolute Gasteiger partial charge is 0.305 e. The average molecular weight is 364 g/mol. The van der Waals surface area contributed by atoms with Crippen LogP contribution in [0, 0.1) is 11.8 Å². The van der Waals surface area contributed by atoms with Gasteiger partial charge in [0.15, 0.2) is 0 Å². The Morgan fingerprint density at radius 3 is 2.00 bits per heavy atom. The zero-order valence-electron chi connectivity index (χ0n) is 16.7. The van der Waals surface area contributed by atoms with Crippen LogP contribution in [0.1, 0.15) is 57.2 Å². The van der Waals surface area contributed by atoms with Crippen LogP contribution in [-0.2, 0) is 14.9 Å². The highest BCUT2D eigenvalue weighted by Crippen LogP contribution is 2.22. The van der Waals surface area contributed by atoms with E-state index in [1.54, 1.807) is 6.92 Å². The summed E-state index contributed by atoms with van der Waals surface area (Å²) in [4.78, 5) is 11.3. The molecule has 0 atom stereocenters. The van der Waals surface area contributed by atoms with E-state index in [0.717, 1.165) is 16.9 Å². The predicted octanol–water partition coefficient (Wildman–Crippen LogP) is 5.11. The number of carbonyl (C=O) groups excluding carboxylic acids is 1. The normalized spacial score (nSPS) is 10.7. The molecule has 0 aliphatic carbocycles. The van der Waals surface area contributed by atoms with Crippen LogP contribution < -0.4 is 4.74 Å². The highest BCUT2D eigenvalue weighted by atomic mass is 16.5. The highest BCUT2D eigenvalue weighted by Gasteiger charge is 2.12. The van der Waals surface area contributed by atoms with E-state index in [4.69, 9.17) is 9.47 Å². The number of hydrogen-bond acceptors (Lipinski definition) is 3. The van der Waals surface area contributed by atoms with Gasteiger partial charge in [0.1, 0.15) is 5.75 Å². The first-order valence-electron chi connectivity index (χ1n) is 9.39. The molecule has 2 rings (SSSR count). The minimum atomic E-state index is -0.178. The molecule has 0 aromatic heterocycles. The summed E-state index contributed by atoms with van der Waals surface area (Å²) in [6, 6.07) is 16.1. The molecule has 0 radical (unpaired) electrons. The van der Waals surface area contributed by atoms with Crippen LogP contribution in [-0.4, -0.2) is 19.2 Å². The summed E-state index contributed by atoms with van der Waals surface area (Å²) in [6.07, 6.45) is 1.02. The molecule has 0 aliphatic rings. The summed E-state index contributed by atoms with van der Waals surface area (Å²) in [5.74, 6) is 6.97. The highest BCUT2D eigenvalue weighted by molar-refractivity contribution is 5.69.